The zero-order valence-corrected chi connectivity index (χ0v) is 10.2. The molecule has 0 amide bonds. The Morgan fingerprint density at radius 1 is 1.06 bits per heavy atom. The molecule has 1 aliphatic rings. The van der Waals surface area contributed by atoms with E-state index in [9.17, 15) is 0 Å². The summed E-state index contributed by atoms with van der Waals surface area (Å²) in [4.78, 5) is 6.60. The third-order valence-electron chi connectivity index (χ3n) is 3.03. The summed E-state index contributed by atoms with van der Waals surface area (Å²) in [7, 11) is 0. The van der Waals surface area contributed by atoms with Crippen molar-refractivity contribution >= 4 is 23.1 Å². The van der Waals surface area contributed by atoms with E-state index < -0.39 is 0 Å². The van der Waals surface area contributed by atoms with Gasteiger partial charge >= 0.3 is 0 Å². The lowest BCUT2D eigenvalue weighted by molar-refractivity contribution is 0.554. The summed E-state index contributed by atoms with van der Waals surface area (Å²) in [6.07, 6.45) is 6.39. The number of pyridine rings is 1. The first-order valence-electron chi connectivity index (χ1n) is 5.94. The maximum absolute atomic E-state index is 5.95. The number of rotatable bonds is 1. The Labute approximate surface area is 102 Å². The van der Waals surface area contributed by atoms with Gasteiger partial charge < -0.3 is 10.6 Å². The molecule has 0 aromatic carbocycles. The van der Waals surface area contributed by atoms with E-state index in [-0.39, 0.29) is 0 Å². The third kappa shape index (κ3) is 2.79. The van der Waals surface area contributed by atoms with Gasteiger partial charge in [-0.25, -0.2) is 4.98 Å². The van der Waals surface area contributed by atoms with E-state index in [2.05, 4.69) is 9.88 Å². The Morgan fingerprint density at radius 2 is 1.69 bits per heavy atom. The molecule has 0 saturated carbocycles. The number of nitrogens with zero attached hydrogens (tertiary/aromatic N) is 2. The topological polar surface area (TPSA) is 42.1 Å². The minimum absolute atomic E-state index is 0.520. The van der Waals surface area contributed by atoms with Gasteiger partial charge in [-0.3, -0.25) is 0 Å². The molecule has 0 aliphatic carbocycles. The minimum Gasteiger partial charge on any atom is -0.396 e. The molecule has 0 spiro atoms. The second-order valence-corrected chi connectivity index (χ2v) is 4.69. The third-order valence-corrected chi connectivity index (χ3v) is 3.24. The van der Waals surface area contributed by atoms with Crippen molar-refractivity contribution in [2.45, 2.75) is 32.1 Å². The molecule has 4 heteroatoms. The number of nitrogens with two attached hydrogens (primary N) is 1. The second-order valence-electron chi connectivity index (χ2n) is 4.30. The van der Waals surface area contributed by atoms with E-state index in [4.69, 9.17) is 17.3 Å². The van der Waals surface area contributed by atoms with Crippen LogP contribution in [0, 0.1) is 0 Å². The fourth-order valence-electron chi connectivity index (χ4n) is 2.15. The van der Waals surface area contributed by atoms with Crippen LogP contribution in [-0.4, -0.2) is 18.1 Å². The Bertz CT molecular complexity index is 346. The minimum atomic E-state index is 0.520. The number of hydrogen-bond donors (Lipinski definition) is 1. The van der Waals surface area contributed by atoms with Crippen molar-refractivity contribution < 1.29 is 0 Å². The van der Waals surface area contributed by atoms with Gasteiger partial charge in [0.25, 0.3) is 0 Å². The molecule has 1 aliphatic heterocycles. The van der Waals surface area contributed by atoms with Crippen LogP contribution in [0.25, 0.3) is 0 Å². The van der Waals surface area contributed by atoms with Gasteiger partial charge in [0.1, 0.15) is 5.15 Å². The predicted molar refractivity (Wildman–Crippen MR) is 69.0 cm³/mol. The SMILES string of the molecule is Nc1ccc(Cl)nc1N1CCCCCCC1. The first kappa shape index (κ1) is 11.5. The molecule has 2 rings (SSSR count). The van der Waals surface area contributed by atoms with Gasteiger partial charge in [0, 0.05) is 13.1 Å². The standard InChI is InChI=1S/C12H18ClN3/c13-11-7-6-10(14)12(15-11)16-8-4-2-1-3-5-9-16/h6-7H,1-5,8-9,14H2. The van der Waals surface area contributed by atoms with Crippen LogP contribution < -0.4 is 10.6 Å². The summed E-state index contributed by atoms with van der Waals surface area (Å²) in [5.41, 5.74) is 6.67. The van der Waals surface area contributed by atoms with Gasteiger partial charge in [0.05, 0.1) is 5.69 Å². The molecule has 0 atom stereocenters. The lowest BCUT2D eigenvalue weighted by Crippen LogP contribution is -2.28. The number of hydrogen-bond acceptors (Lipinski definition) is 3. The lowest BCUT2D eigenvalue weighted by atomic mass is 10.1. The van der Waals surface area contributed by atoms with Crippen LogP contribution in [0.1, 0.15) is 32.1 Å². The van der Waals surface area contributed by atoms with Crippen LogP contribution in [-0.2, 0) is 0 Å². The summed E-state index contributed by atoms with van der Waals surface area (Å²) >= 11 is 5.92. The number of nitrogen functional groups attached to an aromatic ring is 1. The van der Waals surface area contributed by atoms with Crippen molar-refractivity contribution in [1.29, 1.82) is 0 Å². The molecule has 2 N–H and O–H groups in total. The van der Waals surface area contributed by atoms with Crippen molar-refractivity contribution in [3.8, 4) is 0 Å². The molecule has 1 aromatic heterocycles. The molecule has 88 valence electrons. The molecule has 0 radical (unpaired) electrons. The Hall–Kier alpha value is -0.960. The van der Waals surface area contributed by atoms with Gasteiger partial charge in [-0.05, 0) is 25.0 Å². The van der Waals surface area contributed by atoms with Crippen molar-refractivity contribution in [3.63, 3.8) is 0 Å². The molecule has 0 unspecified atom stereocenters. The molecule has 1 saturated heterocycles. The van der Waals surface area contributed by atoms with Gasteiger partial charge in [0.15, 0.2) is 5.82 Å². The van der Waals surface area contributed by atoms with Crippen molar-refractivity contribution in [1.82, 2.24) is 4.98 Å². The molecule has 1 aromatic rings. The monoisotopic (exact) mass is 239 g/mol. The van der Waals surface area contributed by atoms with E-state index in [0.717, 1.165) is 24.6 Å². The first-order chi connectivity index (χ1) is 7.77. The quantitative estimate of drug-likeness (QED) is 0.766. The summed E-state index contributed by atoms with van der Waals surface area (Å²) < 4.78 is 0. The zero-order chi connectivity index (χ0) is 11.4. The summed E-state index contributed by atoms with van der Waals surface area (Å²) in [6, 6.07) is 3.58. The Morgan fingerprint density at radius 3 is 2.38 bits per heavy atom. The fraction of sp³-hybridized carbons (Fsp3) is 0.583. The average molecular weight is 240 g/mol. The largest absolute Gasteiger partial charge is 0.396 e. The normalized spacial score (nSPS) is 17.9. The van der Waals surface area contributed by atoms with Gasteiger partial charge in [-0.2, -0.15) is 0 Å². The molecular weight excluding hydrogens is 222 g/mol. The fourth-order valence-corrected chi connectivity index (χ4v) is 2.29. The Kier molecular flexibility index (Phi) is 3.88. The lowest BCUT2D eigenvalue weighted by Gasteiger charge is -2.26. The predicted octanol–water partition coefficient (Wildman–Crippen LogP) is 3.09. The van der Waals surface area contributed by atoms with Crippen molar-refractivity contribution in [2.75, 3.05) is 23.7 Å². The number of aromatic nitrogens is 1. The number of anilines is 2. The summed E-state index contributed by atoms with van der Waals surface area (Å²) in [5.74, 6) is 0.856. The first-order valence-corrected chi connectivity index (χ1v) is 6.32. The molecule has 16 heavy (non-hydrogen) atoms. The highest BCUT2D eigenvalue weighted by molar-refractivity contribution is 6.29. The average Bonchev–Trinajstić information content (AvgIpc) is 2.22. The second kappa shape index (κ2) is 5.39. The molecule has 0 bridgehead atoms. The van der Waals surface area contributed by atoms with Crippen LogP contribution in [0.2, 0.25) is 5.15 Å². The molecular formula is C12H18ClN3. The van der Waals surface area contributed by atoms with Crippen LogP contribution in [0.15, 0.2) is 12.1 Å². The van der Waals surface area contributed by atoms with E-state index in [1.807, 2.05) is 6.07 Å². The van der Waals surface area contributed by atoms with Crippen LogP contribution in [0.4, 0.5) is 11.5 Å². The van der Waals surface area contributed by atoms with Gasteiger partial charge in [-0.1, -0.05) is 30.9 Å². The molecule has 2 heterocycles. The van der Waals surface area contributed by atoms with E-state index >= 15 is 0 Å². The maximum Gasteiger partial charge on any atom is 0.153 e. The van der Waals surface area contributed by atoms with E-state index in [1.165, 1.54) is 32.1 Å². The van der Waals surface area contributed by atoms with Crippen molar-refractivity contribution in [3.05, 3.63) is 17.3 Å². The van der Waals surface area contributed by atoms with E-state index in [1.54, 1.807) is 6.07 Å². The highest BCUT2D eigenvalue weighted by Gasteiger charge is 2.13. The summed E-state index contributed by atoms with van der Waals surface area (Å²) in [6.45, 7) is 2.08. The zero-order valence-electron chi connectivity index (χ0n) is 9.45. The van der Waals surface area contributed by atoms with Gasteiger partial charge in [-0.15, -0.1) is 0 Å². The number of halogens is 1. The highest BCUT2D eigenvalue weighted by atomic mass is 35.5. The molecule has 3 nitrogen and oxygen atoms in total. The van der Waals surface area contributed by atoms with Crippen molar-refractivity contribution in [2.24, 2.45) is 0 Å². The summed E-state index contributed by atoms with van der Waals surface area (Å²) in [5, 5.41) is 0.520. The maximum atomic E-state index is 5.95. The van der Waals surface area contributed by atoms with Crippen LogP contribution in [0.3, 0.4) is 0 Å². The van der Waals surface area contributed by atoms with Gasteiger partial charge in [0.2, 0.25) is 0 Å². The van der Waals surface area contributed by atoms with E-state index in [0.29, 0.717) is 5.15 Å². The molecule has 1 fully saturated rings. The highest BCUT2D eigenvalue weighted by Crippen LogP contribution is 2.25. The van der Waals surface area contributed by atoms with Crippen LogP contribution >= 0.6 is 11.6 Å². The van der Waals surface area contributed by atoms with Crippen LogP contribution in [0.5, 0.6) is 0 Å². The smallest absolute Gasteiger partial charge is 0.153 e. The Balaban J connectivity index is 2.16.